The second-order valence-electron chi connectivity index (χ2n) is 9.88. The summed E-state index contributed by atoms with van der Waals surface area (Å²) in [5, 5.41) is 4.18. The molecule has 2 aromatic carbocycles. The van der Waals surface area contributed by atoms with Crippen molar-refractivity contribution in [2.24, 2.45) is 0 Å². The fourth-order valence-corrected chi connectivity index (χ4v) is 6.14. The number of nitrogens with one attached hydrogen (secondary N) is 1. The number of pyridine rings is 1. The van der Waals surface area contributed by atoms with Crippen LogP contribution in [0, 0.1) is 13.8 Å². The molecule has 3 heterocycles. The maximum absolute atomic E-state index is 5.98. The molecular weight excluding hydrogens is 518 g/mol. The minimum atomic E-state index is -0.168. The van der Waals surface area contributed by atoms with Crippen LogP contribution in [0.3, 0.4) is 0 Å². The van der Waals surface area contributed by atoms with E-state index in [-0.39, 0.29) is 12.1 Å². The molecule has 2 aromatic heterocycles. The molecule has 0 spiro atoms. The molecule has 1 aliphatic rings. The highest BCUT2D eigenvalue weighted by molar-refractivity contribution is 7.80. The van der Waals surface area contributed by atoms with Crippen molar-refractivity contribution in [2.45, 2.75) is 39.8 Å². The average Bonchev–Trinajstić information content (AvgIpc) is 3.48. The first-order valence-electron chi connectivity index (χ1n) is 13.7. The SMILES string of the molecule is CCN(CC)c1ccc(-n2c(C)cc([C@H]3[C@@H](c4ccccn4)NC(=S)N3c3cc(OC)ccc3OC)c2C)cc1. The van der Waals surface area contributed by atoms with Gasteiger partial charge in [-0.25, -0.2) is 0 Å². The third kappa shape index (κ3) is 4.88. The molecule has 2 atom stereocenters. The van der Waals surface area contributed by atoms with Crippen molar-refractivity contribution in [1.29, 1.82) is 0 Å². The Morgan fingerprint density at radius 2 is 1.70 bits per heavy atom. The normalized spacial score (nSPS) is 16.6. The average molecular weight is 556 g/mol. The van der Waals surface area contributed by atoms with Crippen LogP contribution in [0.4, 0.5) is 11.4 Å². The van der Waals surface area contributed by atoms with E-state index in [1.807, 2.05) is 42.6 Å². The van der Waals surface area contributed by atoms with Gasteiger partial charge in [-0.2, -0.15) is 0 Å². The van der Waals surface area contributed by atoms with Gasteiger partial charge in [0, 0.05) is 48.1 Å². The van der Waals surface area contributed by atoms with Crippen LogP contribution in [-0.2, 0) is 0 Å². The van der Waals surface area contributed by atoms with E-state index in [1.54, 1.807) is 14.2 Å². The van der Waals surface area contributed by atoms with Crippen LogP contribution in [0.25, 0.3) is 5.69 Å². The number of hydrogen-bond acceptors (Lipinski definition) is 5. The Balaban J connectivity index is 1.65. The minimum absolute atomic E-state index is 0.163. The molecule has 8 heteroatoms. The molecule has 1 saturated heterocycles. The molecule has 40 heavy (non-hydrogen) atoms. The van der Waals surface area contributed by atoms with E-state index in [2.05, 4.69) is 77.7 Å². The summed E-state index contributed by atoms with van der Waals surface area (Å²) in [5.41, 5.74) is 7.59. The van der Waals surface area contributed by atoms with Gasteiger partial charge in [-0.15, -0.1) is 0 Å². The van der Waals surface area contributed by atoms with Crippen LogP contribution >= 0.6 is 12.2 Å². The number of aryl methyl sites for hydroxylation is 1. The Kier molecular flexibility index (Phi) is 7.98. The number of methoxy groups -OCH3 is 2. The van der Waals surface area contributed by atoms with Crippen LogP contribution in [0.15, 0.2) is 72.9 Å². The Hall–Kier alpha value is -4.04. The Morgan fingerprint density at radius 3 is 2.33 bits per heavy atom. The molecule has 5 rings (SSSR count). The van der Waals surface area contributed by atoms with Gasteiger partial charge in [-0.3, -0.25) is 4.98 Å². The van der Waals surface area contributed by atoms with Gasteiger partial charge in [0.05, 0.1) is 37.7 Å². The zero-order valence-electron chi connectivity index (χ0n) is 24.0. The summed E-state index contributed by atoms with van der Waals surface area (Å²) >= 11 is 5.98. The molecule has 0 bridgehead atoms. The maximum atomic E-state index is 5.98. The van der Waals surface area contributed by atoms with Gasteiger partial charge in [-0.1, -0.05) is 6.07 Å². The van der Waals surface area contributed by atoms with Crippen LogP contribution in [0.5, 0.6) is 11.5 Å². The predicted octanol–water partition coefficient (Wildman–Crippen LogP) is 6.53. The zero-order valence-corrected chi connectivity index (χ0v) is 24.8. The van der Waals surface area contributed by atoms with Gasteiger partial charge >= 0.3 is 0 Å². The second kappa shape index (κ2) is 11.6. The molecule has 0 aliphatic carbocycles. The summed E-state index contributed by atoms with van der Waals surface area (Å²) in [7, 11) is 3.34. The van der Waals surface area contributed by atoms with E-state index < -0.39 is 0 Å². The quantitative estimate of drug-likeness (QED) is 0.236. The number of anilines is 2. The number of ether oxygens (including phenoxy) is 2. The number of nitrogens with zero attached hydrogens (tertiary/aromatic N) is 4. The highest BCUT2D eigenvalue weighted by Crippen LogP contribution is 2.47. The summed E-state index contributed by atoms with van der Waals surface area (Å²) in [6.45, 7) is 10.7. The lowest BCUT2D eigenvalue weighted by atomic mass is 9.96. The van der Waals surface area contributed by atoms with Crippen molar-refractivity contribution in [3.05, 3.63) is 95.6 Å². The highest BCUT2D eigenvalue weighted by Gasteiger charge is 2.43. The summed E-state index contributed by atoms with van der Waals surface area (Å²) in [6.07, 6.45) is 1.83. The third-order valence-corrected chi connectivity index (χ3v) is 8.08. The molecule has 0 amide bonds. The monoisotopic (exact) mass is 555 g/mol. The molecule has 1 aliphatic heterocycles. The van der Waals surface area contributed by atoms with Gasteiger partial charge in [-0.05, 0) is 100 Å². The molecule has 4 aromatic rings. The standard InChI is InChI=1S/C32H37N5O2S/c1-7-35(8-2)23-12-14-24(15-13-23)36-21(3)19-26(22(36)4)31-30(27-11-9-10-18-33-27)34-32(40)37(31)28-20-25(38-5)16-17-29(28)39-6/h9-20,30-31H,7-8H2,1-6H3,(H,34,40)/t30-,31+/m1/s1. The van der Waals surface area contributed by atoms with E-state index in [0.29, 0.717) is 5.11 Å². The Labute approximate surface area is 242 Å². The van der Waals surface area contributed by atoms with Crippen LogP contribution < -0.4 is 24.6 Å². The van der Waals surface area contributed by atoms with Crippen molar-refractivity contribution in [3.8, 4) is 17.2 Å². The van der Waals surface area contributed by atoms with E-state index in [9.17, 15) is 0 Å². The smallest absolute Gasteiger partial charge is 0.174 e. The highest BCUT2D eigenvalue weighted by atomic mass is 32.1. The first-order valence-corrected chi connectivity index (χ1v) is 14.1. The first-order chi connectivity index (χ1) is 19.4. The van der Waals surface area contributed by atoms with Gasteiger partial charge in [0.25, 0.3) is 0 Å². The number of benzene rings is 2. The number of rotatable bonds is 9. The van der Waals surface area contributed by atoms with E-state index >= 15 is 0 Å². The summed E-state index contributed by atoms with van der Waals surface area (Å²) in [4.78, 5) is 9.22. The lowest BCUT2D eigenvalue weighted by Crippen LogP contribution is -2.30. The van der Waals surface area contributed by atoms with E-state index in [1.165, 1.54) is 5.69 Å². The van der Waals surface area contributed by atoms with Crippen molar-refractivity contribution in [1.82, 2.24) is 14.9 Å². The maximum Gasteiger partial charge on any atom is 0.174 e. The van der Waals surface area contributed by atoms with Crippen molar-refractivity contribution in [3.63, 3.8) is 0 Å². The zero-order chi connectivity index (χ0) is 28.4. The van der Waals surface area contributed by atoms with Crippen LogP contribution in [-0.4, -0.2) is 42.0 Å². The number of thiocarbonyl (C=S) groups is 1. The number of aromatic nitrogens is 2. The lowest BCUT2D eigenvalue weighted by molar-refractivity contribution is 0.403. The van der Waals surface area contributed by atoms with Crippen molar-refractivity contribution >= 4 is 28.7 Å². The minimum Gasteiger partial charge on any atom is -0.497 e. The Bertz CT molecular complexity index is 1480. The molecule has 0 unspecified atom stereocenters. The topological polar surface area (TPSA) is 54.8 Å². The Morgan fingerprint density at radius 1 is 0.950 bits per heavy atom. The fraction of sp³-hybridized carbons (Fsp3) is 0.312. The van der Waals surface area contributed by atoms with Gasteiger partial charge < -0.3 is 29.2 Å². The predicted molar refractivity (Wildman–Crippen MR) is 166 cm³/mol. The van der Waals surface area contributed by atoms with Gasteiger partial charge in [0.15, 0.2) is 5.11 Å². The van der Waals surface area contributed by atoms with E-state index in [0.717, 1.165) is 58.6 Å². The summed E-state index contributed by atoms with van der Waals surface area (Å²) in [6, 6.07) is 22.5. The number of hydrogen-bond donors (Lipinski definition) is 1. The largest absolute Gasteiger partial charge is 0.497 e. The van der Waals surface area contributed by atoms with Crippen molar-refractivity contribution < 1.29 is 9.47 Å². The molecule has 208 valence electrons. The molecular formula is C32H37N5O2S. The lowest BCUT2D eigenvalue weighted by Gasteiger charge is -2.29. The van der Waals surface area contributed by atoms with Gasteiger partial charge in [0.1, 0.15) is 11.5 Å². The molecule has 1 fully saturated rings. The van der Waals surface area contributed by atoms with Crippen molar-refractivity contribution in [2.75, 3.05) is 37.1 Å². The molecule has 1 N–H and O–H groups in total. The second-order valence-corrected chi connectivity index (χ2v) is 10.3. The fourth-order valence-electron chi connectivity index (χ4n) is 5.80. The van der Waals surface area contributed by atoms with Gasteiger partial charge in [0.2, 0.25) is 0 Å². The summed E-state index contributed by atoms with van der Waals surface area (Å²) < 4.78 is 13.7. The molecule has 7 nitrogen and oxygen atoms in total. The van der Waals surface area contributed by atoms with Crippen LogP contribution in [0.2, 0.25) is 0 Å². The third-order valence-electron chi connectivity index (χ3n) is 7.77. The van der Waals surface area contributed by atoms with Crippen LogP contribution in [0.1, 0.15) is 48.6 Å². The molecule has 0 saturated carbocycles. The molecule has 0 radical (unpaired) electrons. The summed E-state index contributed by atoms with van der Waals surface area (Å²) in [5.74, 6) is 1.45. The van der Waals surface area contributed by atoms with E-state index in [4.69, 9.17) is 26.7 Å². The first kappa shape index (κ1) is 27.5.